The fourth-order valence-corrected chi connectivity index (χ4v) is 1.70. The van der Waals surface area contributed by atoms with Crippen LogP contribution in [-0.2, 0) is 25.8 Å². The second-order valence-corrected chi connectivity index (χ2v) is 4.77. The molecule has 0 aromatic heterocycles. The van der Waals surface area contributed by atoms with Crippen molar-refractivity contribution < 1.29 is 25.8 Å². The molecule has 0 amide bonds. The zero-order valence-electron chi connectivity index (χ0n) is 12.7. The molecule has 0 nitrogen and oxygen atoms in total. The number of rotatable bonds is 0. The molecular weight excluding hydrogens is 442 g/mol. The Bertz CT molecular complexity index is 361. The van der Waals surface area contributed by atoms with Crippen LogP contribution in [-0.4, -0.2) is 0 Å². The number of halogens is 2. The molecule has 0 saturated heterocycles. The molecule has 19 heavy (non-hydrogen) atoms. The summed E-state index contributed by atoms with van der Waals surface area (Å²) in [6, 6.07) is 0. The van der Waals surface area contributed by atoms with Gasteiger partial charge in [0.1, 0.15) is 0 Å². The summed E-state index contributed by atoms with van der Waals surface area (Å²) in [5.74, 6) is 0. The topological polar surface area (TPSA) is 0 Å². The van der Waals surface area contributed by atoms with Crippen molar-refractivity contribution in [3.63, 3.8) is 0 Å². The Kier molecular flexibility index (Phi) is 14.3. The predicted octanol–water partition coefficient (Wildman–Crippen LogP) is 5.79. The van der Waals surface area contributed by atoms with E-state index in [1.165, 1.54) is 33.4 Å². The molecule has 0 fully saturated rings. The van der Waals surface area contributed by atoms with Gasteiger partial charge in [-0.05, 0) is 0 Å². The second kappa shape index (κ2) is 11.1. The maximum atomic E-state index is 3.26. The molecule has 108 valence electrons. The maximum absolute atomic E-state index is 3.26. The molecule has 3 heteroatoms. The van der Waals surface area contributed by atoms with Crippen LogP contribution >= 0.6 is 24.8 Å². The van der Waals surface area contributed by atoms with Crippen LogP contribution in [0.5, 0.6) is 0 Å². The van der Waals surface area contributed by atoms with Gasteiger partial charge < -0.3 is 0 Å². The Morgan fingerprint density at radius 3 is 0.947 bits per heavy atom. The van der Waals surface area contributed by atoms with Gasteiger partial charge in [-0.3, -0.25) is 12.2 Å². The van der Waals surface area contributed by atoms with Crippen LogP contribution in [0.2, 0.25) is 0 Å². The third kappa shape index (κ3) is 7.11. The van der Waals surface area contributed by atoms with Crippen LogP contribution in [0.1, 0.15) is 54.4 Å². The molecular formula is C16H24Cl2Hf-2. The molecule has 2 aliphatic carbocycles. The van der Waals surface area contributed by atoms with Gasteiger partial charge in [0.25, 0.3) is 0 Å². The van der Waals surface area contributed by atoms with E-state index in [9.17, 15) is 0 Å². The van der Waals surface area contributed by atoms with Crippen molar-refractivity contribution in [1.29, 1.82) is 0 Å². The Hall–Kier alpha value is 0.410. The Balaban J connectivity index is -0.000000233. The van der Waals surface area contributed by atoms with Crippen molar-refractivity contribution in [2.24, 2.45) is 0 Å². The molecule has 0 aliphatic heterocycles. The molecule has 0 heterocycles. The minimum atomic E-state index is 0. The first kappa shape index (κ1) is 24.4. The van der Waals surface area contributed by atoms with Crippen LogP contribution in [0.4, 0.5) is 0 Å². The van der Waals surface area contributed by atoms with E-state index in [1.54, 1.807) is 0 Å². The molecule has 0 bridgehead atoms. The van der Waals surface area contributed by atoms with Gasteiger partial charge in [0.15, 0.2) is 0 Å². The molecule has 0 aromatic carbocycles. The summed E-state index contributed by atoms with van der Waals surface area (Å²) in [5, 5.41) is 0. The number of allylic oxidation sites excluding steroid dienone is 8. The molecule has 0 aromatic rings. The van der Waals surface area contributed by atoms with E-state index in [4.69, 9.17) is 0 Å². The Morgan fingerprint density at radius 1 is 0.632 bits per heavy atom. The fraction of sp³-hybridized carbons (Fsp3) is 0.500. The van der Waals surface area contributed by atoms with Crippen LogP contribution in [0.25, 0.3) is 0 Å². The smallest absolute Gasteiger partial charge is 0 e. The summed E-state index contributed by atoms with van der Waals surface area (Å²) in [5.41, 5.74) is 8.49. The first-order valence-electron chi connectivity index (χ1n) is 5.91. The van der Waals surface area contributed by atoms with E-state index in [0.29, 0.717) is 0 Å². The average molecular weight is 466 g/mol. The van der Waals surface area contributed by atoms with Crippen LogP contribution < -0.4 is 0 Å². The van der Waals surface area contributed by atoms with Crippen molar-refractivity contribution >= 4 is 24.8 Å². The minimum Gasteiger partial charge on any atom is -0.269 e. The summed E-state index contributed by atoms with van der Waals surface area (Å²) in [4.78, 5) is 0. The summed E-state index contributed by atoms with van der Waals surface area (Å²) >= 11 is 0. The summed E-state index contributed by atoms with van der Waals surface area (Å²) in [7, 11) is 0. The van der Waals surface area contributed by atoms with Gasteiger partial charge in [-0.2, -0.15) is 22.3 Å². The zero-order chi connectivity index (χ0) is 12.3. The molecule has 0 N–H and O–H groups in total. The summed E-state index contributed by atoms with van der Waals surface area (Å²) in [6.07, 6.45) is 8.63. The largest absolute Gasteiger partial charge is 0.269 e. The van der Waals surface area contributed by atoms with E-state index < -0.39 is 0 Å². The molecule has 0 spiro atoms. The normalized spacial score (nSPS) is 16.5. The van der Waals surface area contributed by atoms with Crippen molar-refractivity contribution in [2.75, 3.05) is 0 Å². The van der Waals surface area contributed by atoms with Gasteiger partial charge in [-0.15, -0.1) is 51.5 Å². The Morgan fingerprint density at radius 2 is 0.895 bits per heavy atom. The molecule has 2 rings (SSSR count). The maximum Gasteiger partial charge on any atom is 0 e. The molecule has 0 radical (unpaired) electrons. The molecule has 2 aliphatic rings. The van der Waals surface area contributed by atoms with Gasteiger partial charge in [0.2, 0.25) is 0 Å². The van der Waals surface area contributed by atoms with E-state index in [0.717, 1.165) is 12.8 Å². The summed E-state index contributed by atoms with van der Waals surface area (Å²) < 4.78 is 0. The quantitative estimate of drug-likeness (QED) is 0.314. The fourth-order valence-electron chi connectivity index (χ4n) is 1.70. The minimum absolute atomic E-state index is 0. The Labute approximate surface area is 150 Å². The van der Waals surface area contributed by atoms with Crippen molar-refractivity contribution in [1.82, 2.24) is 0 Å². The second-order valence-electron chi connectivity index (χ2n) is 4.77. The molecule has 0 atom stereocenters. The van der Waals surface area contributed by atoms with E-state index >= 15 is 0 Å². The molecule has 0 unspecified atom stereocenters. The number of hydrogen-bond donors (Lipinski definition) is 0. The van der Waals surface area contributed by atoms with Crippen LogP contribution in [0.15, 0.2) is 33.4 Å². The van der Waals surface area contributed by atoms with Gasteiger partial charge >= 0.3 is 0 Å². The average Bonchev–Trinajstić information content (AvgIpc) is 2.70. The first-order chi connectivity index (χ1) is 7.43. The van der Waals surface area contributed by atoms with Crippen molar-refractivity contribution in [3.05, 3.63) is 45.6 Å². The predicted molar refractivity (Wildman–Crippen MR) is 85.3 cm³/mol. The van der Waals surface area contributed by atoms with E-state index in [-0.39, 0.29) is 50.7 Å². The molecule has 0 saturated carbocycles. The van der Waals surface area contributed by atoms with E-state index in [2.05, 4.69) is 53.7 Å². The first-order valence-corrected chi connectivity index (χ1v) is 5.91. The monoisotopic (exact) mass is 466 g/mol. The van der Waals surface area contributed by atoms with Crippen molar-refractivity contribution in [2.45, 2.75) is 54.4 Å². The van der Waals surface area contributed by atoms with Gasteiger partial charge in [0.05, 0.1) is 0 Å². The number of hydrogen-bond acceptors (Lipinski definition) is 0. The van der Waals surface area contributed by atoms with Crippen LogP contribution in [0, 0.1) is 12.2 Å². The SMILES string of the molecule is CC1=[C-]CC(C)=C1C.CC1=[C-]CC(C)=C1C.Cl.Cl.[Hf]. The van der Waals surface area contributed by atoms with Gasteiger partial charge in [-0.25, -0.2) is 11.1 Å². The zero-order valence-corrected chi connectivity index (χ0v) is 18.0. The third-order valence-electron chi connectivity index (χ3n) is 3.64. The third-order valence-corrected chi connectivity index (χ3v) is 3.64. The van der Waals surface area contributed by atoms with Crippen molar-refractivity contribution in [3.8, 4) is 0 Å². The van der Waals surface area contributed by atoms with E-state index in [1.807, 2.05) is 0 Å². The van der Waals surface area contributed by atoms with Gasteiger partial charge in [0, 0.05) is 25.8 Å². The van der Waals surface area contributed by atoms with Crippen LogP contribution in [0.3, 0.4) is 0 Å². The summed E-state index contributed by atoms with van der Waals surface area (Å²) in [6.45, 7) is 12.9. The standard InChI is InChI=1S/2C8H11.2ClH.Hf/c2*1-6-4-5-7(2)8(6)3;;;/h2*4H2,1-3H3;2*1H;/q2*-1;;;. The van der Waals surface area contributed by atoms with Gasteiger partial charge in [-0.1, -0.05) is 27.7 Å².